The molecule has 10 heteroatoms. The molecule has 2 aromatic carbocycles. The molecule has 0 heterocycles. The molecule has 0 bridgehead atoms. The van der Waals surface area contributed by atoms with Crippen molar-refractivity contribution in [3.05, 3.63) is 64.4 Å². The lowest BCUT2D eigenvalue weighted by molar-refractivity contribution is -0.140. The van der Waals surface area contributed by atoms with Gasteiger partial charge in [0.1, 0.15) is 11.9 Å². The maximum absolute atomic E-state index is 14.2. The van der Waals surface area contributed by atoms with E-state index in [-0.39, 0.29) is 43.4 Å². The fourth-order valence-electron chi connectivity index (χ4n) is 3.26. The van der Waals surface area contributed by atoms with Gasteiger partial charge < -0.3 is 10.2 Å². The second-order valence-electron chi connectivity index (χ2n) is 7.33. The van der Waals surface area contributed by atoms with Crippen LogP contribution < -0.4 is 9.62 Å². The van der Waals surface area contributed by atoms with Gasteiger partial charge in [-0.15, -0.1) is 0 Å². The van der Waals surface area contributed by atoms with Gasteiger partial charge in [-0.3, -0.25) is 13.9 Å². The fourth-order valence-corrected chi connectivity index (χ4v) is 4.67. The summed E-state index contributed by atoms with van der Waals surface area (Å²) < 4.78 is 40.4. The summed E-state index contributed by atoms with van der Waals surface area (Å²) in [6, 6.07) is 12.3. The van der Waals surface area contributed by atoms with Crippen LogP contribution in [0.15, 0.2) is 53.0 Å². The average Bonchev–Trinajstić information content (AvgIpc) is 2.74. The molecular formula is C22H27BrFN3O4S. The molecular weight excluding hydrogens is 501 g/mol. The van der Waals surface area contributed by atoms with Crippen molar-refractivity contribution >= 4 is 43.5 Å². The van der Waals surface area contributed by atoms with Gasteiger partial charge in [0.25, 0.3) is 0 Å². The largest absolute Gasteiger partial charge is 0.357 e. The average molecular weight is 528 g/mol. The van der Waals surface area contributed by atoms with Gasteiger partial charge in [0.05, 0.1) is 11.9 Å². The van der Waals surface area contributed by atoms with E-state index >= 15 is 0 Å². The Morgan fingerprint density at radius 2 is 1.84 bits per heavy atom. The highest BCUT2D eigenvalue weighted by molar-refractivity contribution is 9.10. The Morgan fingerprint density at radius 1 is 1.16 bits per heavy atom. The first-order valence-electron chi connectivity index (χ1n) is 10.0. The van der Waals surface area contributed by atoms with Crippen LogP contribution in [0.25, 0.3) is 0 Å². The van der Waals surface area contributed by atoms with Crippen LogP contribution in [0.4, 0.5) is 10.1 Å². The molecule has 0 saturated heterocycles. The van der Waals surface area contributed by atoms with Crippen molar-refractivity contribution < 1.29 is 22.4 Å². The van der Waals surface area contributed by atoms with Crippen LogP contribution in [0.3, 0.4) is 0 Å². The van der Waals surface area contributed by atoms with Crippen molar-refractivity contribution in [3.8, 4) is 0 Å². The molecule has 2 amide bonds. The van der Waals surface area contributed by atoms with Crippen molar-refractivity contribution in [2.45, 2.75) is 32.4 Å². The van der Waals surface area contributed by atoms with Gasteiger partial charge in [-0.05, 0) is 43.2 Å². The van der Waals surface area contributed by atoms with E-state index in [2.05, 4.69) is 21.2 Å². The number of carbonyl (C=O) groups excluding carboxylic acids is 2. The first-order chi connectivity index (χ1) is 15.0. The second kappa shape index (κ2) is 11.4. The monoisotopic (exact) mass is 527 g/mol. The Labute approximate surface area is 196 Å². The molecule has 1 unspecified atom stereocenters. The van der Waals surface area contributed by atoms with Crippen molar-refractivity contribution in [1.82, 2.24) is 10.2 Å². The lowest BCUT2D eigenvalue weighted by Crippen LogP contribution is -2.46. The van der Waals surface area contributed by atoms with E-state index in [0.717, 1.165) is 20.6 Å². The quantitative estimate of drug-likeness (QED) is 0.513. The molecule has 0 radical (unpaired) electrons. The summed E-state index contributed by atoms with van der Waals surface area (Å²) in [5.74, 6) is -1.27. The van der Waals surface area contributed by atoms with E-state index in [1.807, 2.05) is 24.3 Å². The normalized spacial score (nSPS) is 12.2. The van der Waals surface area contributed by atoms with Crippen LogP contribution >= 0.6 is 15.9 Å². The van der Waals surface area contributed by atoms with Gasteiger partial charge >= 0.3 is 0 Å². The summed E-state index contributed by atoms with van der Waals surface area (Å²) in [7, 11) is -2.25. The number of para-hydroxylation sites is 1. The smallest absolute Gasteiger partial charge is 0.242 e. The standard InChI is InChI=1S/C22H27BrFN3O4S/c1-16(22(29)25-2)26(15-17-8-6-9-18(23)14-17)21(28)12-7-13-27(32(3,30)31)20-11-5-4-10-19(20)24/h4-6,8-11,14,16H,7,12-13,15H2,1-3H3,(H,25,29). The van der Waals surface area contributed by atoms with E-state index < -0.39 is 21.9 Å². The molecule has 1 atom stereocenters. The van der Waals surface area contributed by atoms with Crippen LogP contribution in [-0.2, 0) is 26.2 Å². The number of hydrogen-bond donors (Lipinski definition) is 1. The summed E-state index contributed by atoms with van der Waals surface area (Å²) in [5.41, 5.74) is 0.778. The van der Waals surface area contributed by atoms with Gasteiger partial charge in [0.2, 0.25) is 21.8 Å². The van der Waals surface area contributed by atoms with Crippen molar-refractivity contribution in [2.24, 2.45) is 0 Å². The molecule has 32 heavy (non-hydrogen) atoms. The first-order valence-corrected chi connectivity index (χ1v) is 12.7. The zero-order valence-corrected chi connectivity index (χ0v) is 20.6. The number of anilines is 1. The Kier molecular flexibility index (Phi) is 9.21. The number of likely N-dealkylation sites (N-methyl/N-ethyl adjacent to an activating group) is 1. The molecule has 0 aliphatic carbocycles. The van der Waals surface area contributed by atoms with Crippen LogP contribution in [-0.4, -0.2) is 51.0 Å². The van der Waals surface area contributed by atoms with E-state index in [1.54, 1.807) is 13.0 Å². The molecule has 2 rings (SSSR count). The Bertz CT molecular complexity index is 1060. The zero-order chi connectivity index (χ0) is 23.9. The van der Waals surface area contributed by atoms with E-state index in [9.17, 15) is 22.4 Å². The minimum Gasteiger partial charge on any atom is -0.357 e. The number of rotatable bonds is 10. The maximum atomic E-state index is 14.2. The number of amides is 2. The second-order valence-corrected chi connectivity index (χ2v) is 10.2. The summed E-state index contributed by atoms with van der Waals surface area (Å²) in [6.45, 7) is 1.79. The number of carbonyl (C=O) groups is 2. The molecule has 1 N–H and O–H groups in total. The SMILES string of the molecule is CNC(=O)C(C)N(Cc1cccc(Br)c1)C(=O)CCCN(c1ccccc1F)S(C)(=O)=O. The number of sulfonamides is 1. The predicted molar refractivity (Wildman–Crippen MR) is 126 cm³/mol. The van der Waals surface area contributed by atoms with Gasteiger partial charge in [-0.25, -0.2) is 12.8 Å². The summed E-state index contributed by atoms with van der Waals surface area (Å²) in [6.07, 6.45) is 1.15. The molecule has 2 aromatic rings. The van der Waals surface area contributed by atoms with Gasteiger partial charge in [0.15, 0.2) is 0 Å². The third-order valence-electron chi connectivity index (χ3n) is 4.93. The number of nitrogens with one attached hydrogen (secondary N) is 1. The first kappa shape index (κ1) is 25.8. The van der Waals surface area contributed by atoms with Crippen LogP contribution in [0, 0.1) is 5.82 Å². The van der Waals surface area contributed by atoms with Crippen LogP contribution in [0.2, 0.25) is 0 Å². The molecule has 0 aliphatic rings. The van der Waals surface area contributed by atoms with E-state index in [0.29, 0.717) is 0 Å². The summed E-state index contributed by atoms with van der Waals surface area (Å²) in [5, 5.41) is 2.55. The lowest BCUT2D eigenvalue weighted by atomic mass is 10.1. The zero-order valence-electron chi connectivity index (χ0n) is 18.2. The molecule has 0 fully saturated rings. The number of halogens is 2. The molecule has 0 aliphatic heterocycles. The Balaban J connectivity index is 2.15. The van der Waals surface area contributed by atoms with E-state index in [1.165, 1.54) is 30.1 Å². The molecule has 174 valence electrons. The third-order valence-corrected chi connectivity index (χ3v) is 6.60. The predicted octanol–water partition coefficient (Wildman–Crippen LogP) is 3.30. The highest BCUT2D eigenvalue weighted by Gasteiger charge is 2.26. The molecule has 0 aromatic heterocycles. The number of benzene rings is 2. The minimum absolute atomic E-state index is 0.00416. The van der Waals surface area contributed by atoms with Crippen molar-refractivity contribution in [2.75, 3.05) is 24.2 Å². The van der Waals surface area contributed by atoms with Gasteiger partial charge in [0, 0.05) is 31.0 Å². The fraction of sp³-hybridized carbons (Fsp3) is 0.364. The van der Waals surface area contributed by atoms with E-state index in [4.69, 9.17) is 0 Å². The van der Waals surface area contributed by atoms with Gasteiger partial charge in [-0.2, -0.15) is 0 Å². The highest BCUT2D eigenvalue weighted by atomic mass is 79.9. The Hall–Kier alpha value is -2.46. The van der Waals surface area contributed by atoms with Gasteiger partial charge in [-0.1, -0.05) is 40.2 Å². The molecule has 7 nitrogen and oxygen atoms in total. The lowest BCUT2D eigenvalue weighted by Gasteiger charge is -2.29. The summed E-state index contributed by atoms with van der Waals surface area (Å²) >= 11 is 3.40. The Morgan fingerprint density at radius 3 is 2.44 bits per heavy atom. The minimum atomic E-state index is -3.75. The van der Waals surface area contributed by atoms with Crippen LogP contribution in [0.1, 0.15) is 25.3 Å². The highest BCUT2D eigenvalue weighted by Crippen LogP contribution is 2.22. The number of nitrogens with zero attached hydrogens (tertiary/aromatic N) is 2. The third kappa shape index (κ3) is 7.03. The molecule has 0 spiro atoms. The topological polar surface area (TPSA) is 86.8 Å². The van der Waals surface area contributed by atoms with Crippen molar-refractivity contribution in [1.29, 1.82) is 0 Å². The van der Waals surface area contributed by atoms with Crippen molar-refractivity contribution in [3.63, 3.8) is 0 Å². The number of hydrogen-bond acceptors (Lipinski definition) is 4. The summed E-state index contributed by atoms with van der Waals surface area (Å²) in [4.78, 5) is 26.7. The van der Waals surface area contributed by atoms with Crippen LogP contribution in [0.5, 0.6) is 0 Å². The maximum Gasteiger partial charge on any atom is 0.242 e. The molecule has 0 saturated carbocycles.